The number of hydrogen-bond donors (Lipinski definition) is 4. The molecule has 98 valence electrons. The average molecular weight is 244 g/mol. The van der Waals surface area contributed by atoms with E-state index in [0.717, 1.165) is 25.9 Å². The number of aliphatic hydroxyl groups excluding tert-OH is 1. The molecule has 0 radical (unpaired) electrons. The zero-order valence-corrected chi connectivity index (χ0v) is 10.0. The molecule has 1 amide bonds. The minimum absolute atomic E-state index is 0.0371. The fourth-order valence-corrected chi connectivity index (χ4v) is 1.86. The van der Waals surface area contributed by atoms with Crippen LogP contribution < -0.4 is 10.6 Å². The number of piperidine rings is 1. The number of nitrogens with one attached hydrogen (secondary N) is 2. The molecule has 0 saturated carbocycles. The van der Waals surface area contributed by atoms with E-state index in [4.69, 9.17) is 10.2 Å². The molecule has 0 bridgehead atoms. The summed E-state index contributed by atoms with van der Waals surface area (Å²) in [7, 11) is 0. The third-order valence-corrected chi connectivity index (χ3v) is 3.24. The highest BCUT2D eigenvalue weighted by atomic mass is 16.4. The molecular formula is C11H20N2O4. The van der Waals surface area contributed by atoms with Gasteiger partial charge in [0.15, 0.2) is 6.10 Å². The van der Waals surface area contributed by atoms with Crippen LogP contribution in [0.25, 0.3) is 0 Å². The maximum Gasteiger partial charge on any atom is 0.332 e. The van der Waals surface area contributed by atoms with Crippen LogP contribution in [0.1, 0.15) is 26.2 Å². The summed E-state index contributed by atoms with van der Waals surface area (Å²) >= 11 is 0. The highest BCUT2D eigenvalue weighted by molar-refractivity contribution is 5.82. The van der Waals surface area contributed by atoms with Crippen LogP contribution >= 0.6 is 0 Å². The second kappa shape index (κ2) is 5.97. The van der Waals surface area contributed by atoms with Crippen LogP contribution in [0.2, 0.25) is 0 Å². The smallest absolute Gasteiger partial charge is 0.332 e. The van der Waals surface area contributed by atoms with E-state index in [0.29, 0.717) is 0 Å². The van der Waals surface area contributed by atoms with Crippen molar-refractivity contribution in [2.45, 2.75) is 32.3 Å². The van der Waals surface area contributed by atoms with Gasteiger partial charge in [-0.25, -0.2) is 4.79 Å². The van der Waals surface area contributed by atoms with Gasteiger partial charge in [0, 0.05) is 18.4 Å². The highest BCUT2D eigenvalue weighted by Gasteiger charge is 2.34. The van der Waals surface area contributed by atoms with Gasteiger partial charge in [0.25, 0.3) is 0 Å². The van der Waals surface area contributed by atoms with Crippen molar-refractivity contribution < 1.29 is 19.8 Å². The Morgan fingerprint density at radius 1 is 1.41 bits per heavy atom. The molecule has 0 aliphatic carbocycles. The van der Waals surface area contributed by atoms with Gasteiger partial charge < -0.3 is 20.8 Å². The van der Waals surface area contributed by atoms with Gasteiger partial charge in [0.2, 0.25) is 5.91 Å². The molecule has 1 aliphatic heterocycles. The molecule has 1 atom stereocenters. The first-order valence-electron chi connectivity index (χ1n) is 5.85. The lowest BCUT2D eigenvalue weighted by Gasteiger charge is -2.32. The first-order chi connectivity index (χ1) is 7.96. The van der Waals surface area contributed by atoms with E-state index in [1.807, 2.05) is 6.92 Å². The van der Waals surface area contributed by atoms with E-state index in [1.54, 1.807) is 0 Å². The fourth-order valence-electron chi connectivity index (χ4n) is 1.86. The van der Waals surface area contributed by atoms with Crippen molar-refractivity contribution in [2.24, 2.45) is 5.41 Å². The van der Waals surface area contributed by atoms with Gasteiger partial charge in [0.05, 0.1) is 0 Å². The van der Waals surface area contributed by atoms with E-state index in [-0.39, 0.29) is 24.3 Å². The largest absolute Gasteiger partial charge is 0.479 e. The minimum atomic E-state index is -1.41. The first kappa shape index (κ1) is 13.9. The minimum Gasteiger partial charge on any atom is -0.479 e. The molecular weight excluding hydrogens is 224 g/mol. The average Bonchev–Trinajstić information content (AvgIpc) is 2.29. The van der Waals surface area contributed by atoms with Gasteiger partial charge in [-0.05, 0) is 25.9 Å². The lowest BCUT2D eigenvalue weighted by molar-refractivity contribution is -0.147. The van der Waals surface area contributed by atoms with Crippen molar-refractivity contribution in [1.82, 2.24) is 10.6 Å². The Balaban J connectivity index is 2.31. The van der Waals surface area contributed by atoms with Crippen molar-refractivity contribution in [3.8, 4) is 0 Å². The molecule has 0 aromatic carbocycles. The Morgan fingerprint density at radius 3 is 2.53 bits per heavy atom. The topological polar surface area (TPSA) is 98.7 Å². The predicted octanol–water partition coefficient (Wildman–Crippen LogP) is -0.672. The number of carboxylic acid groups (broad SMARTS) is 1. The van der Waals surface area contributed by atoms with Crippen LogP contribution in [-0.4, -0.2) is 47.8 Å². The van der Waals surface area contributed by atoms with Gasteiger partial charge in [-0.2, -0.15) is 0 Å². The maximum absolute atomic E-state index is 11.9. The lowest BCUT2D eigenvalue weighted by Crippen LogP contribution is -2.46. The molecule has 4 N–H and O–H groups in total. The van der Waals surface area contributed by atoms with E-state index in [9.17, 15) is 9.59 Å². The second-order valence-electron chi connectivity index (χ2n) is 4.71. The zero-order valence-electron chi connectivity index (χ0n) is 10.0. The van der Waals surface area contributed by atoms with Crippen LogP contribution in [0.3, 0.4) is 0 Å². The second-order valence-corrected chi connectivity index (χ2v) is 4.71. The van der Waals surface area contributed by atoms with Crippen LogP contribution in [0.5, 0.6) is 0 Å². The third kappa shape index (κ3) is 3.98. The summed E-state index contributed by atoms with van der Waals surface area (Å²) in [5, 5.41) is 23.4. The SMILES string of the molecule is CC1(C(=O)NCC[C@H](O)C(=O)O)CCNCC1. The van der Waals surface area contributed by atoms with Crippen LogP contribution in [0, 0.1) is 5.41 Å². The number of carboxylic acids is 1. The van der Waals surface area contributed by atoms with Crippen LogP contribution in [0.4, 0.5) is 0 Å². The number of carbonyl (C=O) groups excluding carboxylic acids is 1. The monoisotopic (exact) mass is 244 g/mol. The molecule has 0 aromatic heterocycles. The van der Waals surface area contributed by atoms with Crippen LogP contribution in [0.15, 0.2) is 0 Å². The van der Waals surface area contributed by atoms with Crippen molar-refractivity contribution in [3.05, 3.63) is 0 Å². The standard InChI is InChI=1S/C11H20N2O4/c1-11(3-6-12-7-4-11)10(17)13-5-2-8(14)9(15)16/h8,12,14H,2-7H2,1H3,(H,13,17)(H,15,16)/t8-/m0/s1. The lowest BCUT2D eigenvalue weighted by atomic mass is 9.80. The molecule has 1 heterocycles. The quantitative estimate of drug-likeness (QED) is 0.514. The van der Waals surface area contributed by atoms with Crippen molar-refractivity contribution in [1.29, 1.82) is 0 Å². The normalized spacial score (nSPS) is 20.6. The molecule has 1 fully saturated rings. The summed E-state index contributed by atoms with van der Waals surface area (Å²) in [5.41, 5.74) is -0.376. The van der Waals surface area contributed by atoms with Gasteiger partial charge in [-0.15, -0.1) is 0 Å². The summed E-state index contributed by atoms with van der Waals surface area (Å²) < 4.78 is 0. The molecule has 0 spiro atoms. The Hall–Kier alpha value is -1.14. The first-order valence-corrected chi connectivity index (χ1v) is 5.85. The number of aliphatic hydroxyl groups is 1. The Morgan fingerprint density at radius 2 is 2.00 bits per heavy atom. The number of amides is 1. The third-order valence-electron chi connectivity index (χ3n) is 3.24. The Labute approximate surface area is 100 Å². The molecule has 1 saturated heterocycles. The van der Waals surface area contributed by atoms with Gasteiger partial charge >= 0.3 is 5.97 Å². The van der Waals surface area contributed by atoms with Crippen LogP contribution in [-0.2, 0) is 9.59 Å². The van der Waals surface area contributed by atoms with Gasteiger partial charge in [-0.1, -0.05) is 6.92 Å². The van der Waals surface area contributed by atoms with E-state index < -0.39 is 12.1 Å². The van der Waals surface area contributed by atoms with Gasteiger partial charge in [0.1, 0.15) is 0 Å². The molecule has 0 unspecified atom stereocenters. The molecule has 1 rings (SSSR count). The molecule has 0 aromatic rings. The van der Waals surface area contributed by atoms with Gasteiger partial charge in [-0.3, -0.25) is 4.79 Å². The zero-order chi connectivity index (χ0) is 12.9. The Bertz CT molecular complexity index is 287. The molecule has 6 nitrogen and oxygen atoms in total. The van der Waals surface area contributed by atoms with E-state index in [2.05, 4.69) is 10.6 Å². The number of carbonyl (C=O) groups is 2. The van der Waals surface area contributed by atoms with Crippen molar-refractivity contribution >= 4 is 11.9 Å². The number of rotatable bonds is 5. The number of hydrogen-bond acceptors (Lipinski definition) is 4. The van der Waals surface area contributed by atoms with Crippen molar-refractivity contribution in [2.75, 3.05) is 19.6 Å². The highest BCUT2D eigenvalue weighted by Crippen LogP contribution is 2.27. The summed E-state index contributed by atoms with van der Waals surface area (Å²) in [4.78, 5) is 22.3. The molecule has 6 heteroatoms. The van der Waals surface area contributed by atoms with E-state index in [1.165, 1.54) is 0 Å². The summed E-state index contributed by atoms with van der Waals surface area (Å²) in [5.74, 6) is -1.32. The summed E-state index contributed by atoms with van der Waals surface area (Å²) in [6.07, 6.45) is 0.187. The fraction of sp³-hybridized carbons (Fsp3) is 0.818. The molecule has 17 heavy (non-hydrogen) atoms. The summed E-state index contributed by atoms with van der Waals surface area (Å²) in [6.45, 7) is 3.75. The summed E-state index contributed by atoms with van der Waals surface area (Å²) in [6, 6.07) is 0. The maximum atomic E-state index is 11.9. The van der Waals surface area contributed by atoms with E-state index >= 15 is 0 Å². The number of aliphatic carboxylic acids is 1. The Kier molecular flexibility index (Phi) is 4.89. The molecule has 1 aliphatic rings. The van der Waals surface area contributed by atoms with Crippen molar-refractivity contribution in [3.63, 3.8) is 0 Å². The predicted molar refractivity (Wildman–Crippen MR) is 61.5 cm³/mol.